The smallest absolute Gasteiger partial charge is 0.160 e. The van der Waals surface area contributed by atoms with Crippen molar-refractivity contribution in [2.45, 2.75) is 0 Å². The van der Waals surface area contributed by atoms with Gasteiger partial charge in [0.15, 0.2) is 11.6 Å². The quantitative estimate of drug-likeness (QED) is 0.155. The van der Waals surface area contributed by atoms with Crippen LogP contribution >= 0.6 is 0 Å². The molecule has 0 aliphatic heterocycles. The standard InChI is InChI=1S/C42H26N2O/c1-2-12-28(13-3-1)42-43-37(26-38(44-42)40-25-31-15-6-9-20-39(31)45-40)30-16-10-17-32(23-30)41-34-19-8-5-14-29(34)24-36-33-18-7-4-11-27(33)21-22-35(36)41/h1-26H. The summed E-state index contributed by atoms with van der Waals surface area (Å²) in [6.07, 6.45) is 0. The zero-order chi connectivity index (χ0) is 29.7. The van der Waals surface area contributed by atoms with E-state index in [2.05, 4.69) is 103 Å². The van der Waals surface area contributed by atoms with Gasteiger partial charge in [-0.05, 0) is 73.8 Å². The average molecular weight is 575 g/mol. The Morgan fingerprint density at radius 2 is 1.07 bits per heavy atom. The third-order valence-corrected chi connectivity index (χ3v) is 8.65. The highest BCUT2D eigenvalue weighted by Gasteiger charge is 2.16. The molecule has 0 atom stereocenters. The summed E-state index contributed by atoms with van der Waals surface area (Å²) in [6.45, 7) is 0. The molecule has 0 saturated carbocycles. The predicted octanol–water partition coefficient (Wildman–Crippen LogP) is 11.4. The van der Waals surface area contributed by atoms with E-state index in [1.807, 2.05) is 54.6 Å². The fraction of sp³-hybridized carbons (Fsp3) is 0. The summed E-state index contributed by atoms with van der Waals surface area (Å²) in [5, 5.41) is 8.50. The summed E-state index contributed by atoms with van der Waals surface area (Å²) in [7, 11) is 0. The van der Waals surface area contributed by atoms with E-state index >= 15 is 0 Å². The van der Waals surface area contributed by atoms with Crippen molar-refractivity contribution in [3.05, 3.63) is 158 Å². The summed E-state index contributed by atoms with van der Waals surface area (Å²) in [4.78, 5) is 10.1. The molecule has 7 aromatic carbocycles. The molecule has 0 unspecified atom stereocenters. The highest BCUT2D eigenvalue weighted by molar-refractivity contribution is 6.20. The Bertz CT molecular complexity index is 2510. The zero-order valence-corrected chi connectivity index (χ0v) is 24.3. The third kappa shape index (κ3) is 4.37. The minimum absolute atomic E-state index is 0.663. The second kappa shape index (κ2) is 10.3. The van der Waals surface area contributed by atoms with Gasteiger partial charge in [-0.25, -0.2) is 9.97 Å². The Morgan fingerprint density at radius 3 is 1.93 bits per heavy atom. The fourth-order valence-corrected chi connectivity index (χ4v) is 6.51. The zero-order valence-electron chi connectivity index (χ0n) is 24.3. The minimum Gasteiger partial charge on any atom is -0.454 e. The SMILES string of the molecule is c1ccc(-c2nc(-c3cccc(-c4c5ccccc5cc5c4ccc4ccccc45)c3)cc(-c3cc4ccccc4o3)n2)cc1. The lowest BCUT2D eigenvalue weighted by atomic mass is 9.89. The van der Waals surface area contributed by atoms with E-state index in [0.29, 0.717) is 5.82 Å². The molecule has 2 heterocycles. The molecule has 3 nitrogen and oxygen atoms in total. The Labute approximate surface area is 260 Å². The summed E-state index contributed by atoms with van der Waals surface area (Å²) < 4.78 is 6.27. The van der Waals surface area contributed by atoms with Gasteiger partial charge < -0.3 is 4.42 Å². The summed E-state index contributed by atoms with van der Waals surface area (Å²) in [6, 6.07) is 55.1. The number of fused-ring (bicyclic) bond motifs is 5. The molecule has 0 fully saturated rings. The molecule has 0 amide bonds. The number of hydrogen-bond donors (Lipinski definition) is 0. The van der Waals surface area contributed by atoms with Gasteiger partial charge in [0.2, 0.25) is 0 Å². The second-order valence-corrected chi connectivity index (χ2v) is 11.4. The van der Waals surface area contributed by atoms with Gasteiger partial charge in [-0.2, -0.15) is 0 Å². The first-order chi connectivity index (χ1) is 22.3. The third-order valence-electron chi connectivity index (χ3n) is 8.65. The van der Waals surface area contributed by atoms with Crippen LogP contribution in [0.3, 0.4) is 0 Å². The van der Waals surface area contributed by atoms with Gasteiger partial charge in [-0.15, -0.1) is 0 Å². The van der Waals surface area contributed by atoms with Crippen LogP contribution in [0.5, 0.6) is 0 Å². The van der Waals surface area contributed by atoms with Crippen molar-refractivity contribution in [1.82, 2.24) is 9.97 Å². The summed E-state index contributed by atoms with van der Waals surface area (Å²) >= 11 is 0. The lowest BCUT2D eigenvalue weighted by molar-refractivity contribution is 0.628. The molecule has 0 saturated heterocycles. The molecule has 0 N–H and O–H groups in total. The number of aromatic nitrogens is 2. The Kier molecular flexibility index (Phi) is 5.82. The Hall–Kier alpha value is -6.06. The molecule has 0 radical (unpaired) electrons. The van der Waals surface area contributed by atoms with Gasteiger partial charge in [-0.3, -0.25) is 0 Å². The van der Waals surface area contributed by atoms with Crippen molar-refractivity contribution in [2.24, 2.45) is 0 Å². The highest BCUT2D eigenvalue weighted by Crippen LogP contribution is 2.40. The number of nitrogens with zero attached hydrogens (tertiary/aromatic N) is 2. The molecule has 9 aromatic rings. The van der Waals surface area contributed by atoms with Gasteiger partial charge in [-0.1, -0.05) is 127 Å². The Balaban J connectivity index is 1.27. The van der Waals surface area contributed by atoms with E-state index in [9.17, 15) is 0 Å². The fourth-order valence-electron chi connectivity index (χ4n) is 6.51. The topological polar surface area (TPSA) is 38.9 Å². The molecule has 3 heteroatoms. The van der Waals surface area contributed by atoms with Gasteiger partial charge in [0, 0.05) is 16.5 Å². The maximum absolute atomic E-state index is 6.27. The van der Waals surface area contributed by atoms with Crippen LogP contribution in [-0.4, -0.2) is 9.97 Å². The first-order valence-electron chi connectivity index (χ1n) is 15.2. The number of furan rings is 1. The van der Waals surface area contributed by atoms with Crippen molar-refractivity contribution in [1.29, 1.82) is 0 Å². The monoisotopic (exact) mass is 574 g/mol. The van der Waals surface area contributed by atoms with Crippen molar-refractivity contribution in [2.75, 3.05) is 0 Å². The first-order valence-corrected chi connectivity index (χ1v) is 15.2. The van der Waals surface area contributed by atoms with Crippen molar-refractivity contribution in [3.8, 4) is 45.2 Å². The molecule has 9 rings (SSSR count). The lowest BCUT2D eigenvalue weighted by Crippen LogP contribution is -1.95. The maximum Gasteiger partial charge on any atom is 0.160 e. The average Bonchev–Trinajstić information content (AvgIpc) is 3.56. The molecule has 210 valence electrons. The van der Waals surface area contributed by atoms with Gasteiger partial charge >= 0.3 is 0 Å². The molecule has 2 aromatic heterocycles. The van der Waals surface area contributed by atoms with E-state index < -0.39 is 0 Å². The molecule has 0 aliphatic rings. The number of hydrogen-bond acceptors (Lipinski definition) is 3. The maximum atomic E-state index is 6.27. The van der Waals surface area contributed by atoms with Gasteiger partial charge in [0.05, 0.1) is 5.69 Å². The van der Waals surface area contributed by atoms with Gasteiger partial charge in [0.1, 0.15) is 11.3 Å². The summed E-state index contributed by atoms with van der Waals surface area (Å²) in [5.41, 5.74) is 6.79. The van der Waals surface area contributed by atoms with Crippen molar-refractivity contribution >= 4 is 43.3 Å². The minimum atomic E-state index is 0.663. The molecular formula is C42H26N2O. The van der Waals surface area contributed by atoms with Crippen LogP contribution in [0.1, 0.15) is 0 Å². The molecular weight excluding hydrogens is 548 g/mol. The van der Waals surface area contributed by atoms with E-state index in [-0.39, 0.29) is 0 Å². The molecule has 0 bridgehead atoms. The number of benzene rings is 7. The second-order valence-electron chi connectivity index (χ2n) is 11.4. The van der Waals surface area contributed by atoms with Crippen LogP contribution in [0.4, 0.5) is 0 Å². The van der Waals surface area contributed by atoms with Crippen LogP contribution in [0, 0.1) is 0 Å². The lowest BCUT2D eigenvalue weighted by Gasteiger charge is -2.15. The number of para-hydroxylation sites is 1. The molecule has 0 aliphatic carbocycles. The van der Waals surface area contributed by atoms with Gasteiger partial charge in [0.25, 0.3) is 0 Å². The highest BCUT2D eigenvalue weighted by atomic mass is 16.3. The van der Waals surface area contributed by atoms with E-state index in [1.54, 1.807) is 0 Å². The van der Waals surface area contributed by atoms with Crippen LogP contribution < -0.4 is 0 Å². The van der Waals surface area contributed by atoms with E-state index in [4.69, 9.17) is 14.4 Å². The normalized spacial score (nSPS) is 11.6. The van der Waals surface area contributed by atoms with E-state index in [1.165, 1.54) is 37.9 Å². The van der Waals surface area contributed by atoms with Crippen LogP contribution in [0.15, 0.2) is 162 Å². The van der Waals surface area contributed by atoms with Crippen LogP contribution in [-0.2, 0) is 0 Å². The van der Waals surface area contributed by atoms with Crippen LogP contribution in [0.25, 0.3) is 88.5 Å². The van der Waals surface area contributed by atoms with E-state index in [0.717, 1.165) is 44.8 Å². The van der Waals surface area contributed by atoms with Crippen LogP contribution in [0.2, 0.25) is 0 Å². The number of rotatable bonds is 4. The Morgan fingerprint density at radius 1 is 0.378 bits per heavy atom. The molecule has 0 spiro atoms. The largest absolute Gasteiger partial charge is 0.454 e. The predicted molar refractivity (Wildman–Crippen MR) is 186 cm³/mol. The first kappa shape index (κ1) is 25.4. The summed E-state index contributed by atoms with van der Waals surface area (Å²) in [5.74, 6) is 1.39. The van der Waals surface area contributed by atoms with Crippen molar-refractivity contribution in [3.63, 3.8) is 0 Å². The molecule has 45 heavy (non-hydrogen) atoms. The van der Waals surface area contributed by atoms with Crippen molar-refractivity contribution < 1.29 is 4.42 Å².